The molecule has 2 aliphatic heterocycles. The zero-order valence-electron chi connectivity index (χ0n) is 15.7. The maximum Gasteiger partial charge on any atom is 0.490 e. The maximum absolute atomic E-state index is 13.0. The van der Waals surface area contributed by atoms with Crippen molar-refractivity contribution in [2.45, 2.75) is 51.7 Å². The third kappa shape index (κ3) is 2.55. The number of benzene rings is 1. The quantitative estimate of drug-likeness (QED) is 0.606. The minimum absolute atomic E-state index is 0.101. The van der Waals surface area contributed by atoms with Crippen molar-refractivity contribution in [2.24, 2.45) is 11.8 Å². The van der Waals surface area contributed by atoms with Gasteiger partial charge in [0.05, 0.1) is 28.7 Å². The van der Waals surface area contributed by atoms with Gasteiger partial charge in [0.1, 0.15) is 0 Å². The molecule has 2 fully saturated rings. The first-order valence-corrected chi connectivity index (χ1v) is 9.19. The fourth-order valence-electron chi connectivity index (χ4n) is 3.91. The number of hydrogen-bond donors (Lipinski definition) is 0. The second kappa shape index (κ2) is 5.79. The third-order valence-corrected chi connectivity index (χ3v) is 6.22. The Bertz CT molecular complexity index is 770. The Labute approximate surface area is 154 Å². The van der Waals surface area contributed by atoms with E-state index in [4.69, 9.17) is 9.31 Å². The van der Waals surface area contributed by atoms with Gasteiger partial charge in [-0.05, 0) is 58.1 Å². The number of amides is 2. The molecule has 0 spiro atoms. The van der Waals surface area contributed by atoms with E-state index in [1.807, 2.05) is 52.0 Å². The molecule has 2 atom stereocenters. The molecule has 3 aliphatic rings. The molecule has 0 N–H and O–H groups in total. The normalized spacial score (nSPS) is 29.8. The van der Waals surface area contributed by atoms with Gasteiger partial charge >= 0.3 is 7.12 Å². The van der Waals surface area contributed by atoms with Gasteiger partial charge in [-0.25, -0.2) is 0 Å². The lowest BCUT2D eigenvalue weighted by Gasteiger charge is -2.32. The van der Waals surface area contributed by atoms with Gasteiger partial charge in [-0.1, -0.05) is 24.3 Å². The van der Waals surface area contributed by atoms with E-state index < -0.39 is 18.3 Å². The fourth-order valence-corrected chi connectivity index (χ4v) is 3.91. The second-order valence-electron chi connectivity index (χ2n) is 8.37. The van der Waals surface area contributed by atoms with E-state index >= 15 is 0 Å². The number of rotatable bonds is 2. The minimum atomic E-state index is -0.449. The average molecular weight is 353 g/mol. The van der Waals surface area contributed by atoms with Gasteiger partial charge in [-0.2, -0.15) is 0 Å². The highest BCUT2D eigenvalue weighted by molar-refractivity contribution is 6.54. The molecule has 6 heteroatoms. The van der Waals surface area contributed by atoms with Crippen molar-refractivity contribution in [1.29, 1.82) is 0 Å². The van der Waals surface area contributed by atoms with Crippen LogP contribution in [0.2, 0.25) is 0 Å². The first-order valence-electron chi connectivity index (χ1n) is 9.19. The molecular formula is C20H24BNO4. The number of fused-ring (bicyclic) bond motifs is 1. The highest BCUT2D eigenvalue weighted by Crippen LogP contribution is 2.44. The van der Waals surface area contributed by atoms with Gasteiger partial charge in [0.2, 0.25) is 11.8 Å². The van der Waals surface area contributed by atoms with Crippen molar-refractivity contribution < 1.29 is 18.9 Å². The predicted molar refractivity (Wildman–Crippen MR) is 99.3 cm³/mol. The van der Waals surface area contributed by atoms with Crippen molar-refractivity contribution in [3.05, 3.63) is 41.9 Å². The number of imide groups is 1. The summed E-state index contributed by atoms with van der Waals surface area (Å²) in [5, 5.41) is 0. The van der Waals surface area contributed by atoms with Crippen molar-refractivity contribution in [3.8, 4) is 0 Å². The van der Waals surface area contributed by atoms with E-state index in [9.17, 15) is 9.59 Å². The second-order valence-corrected chi connectivity index (χ2v) is 8.37. The molecule has 2 saturated heterocycles. The highest BCUT2D eigenvalue weighted by Gasteiger charge is 2.55. The third-order valence-electron chi connectivity index (χ3n) is 6.22. The van der Waals surface area contributed by atoms with Crippen molar-refractivity contribution in [1.82, 2.24) is 0 Å². The van der Waals surface area contributed by atoms with Gasteiger partial charge in [0.25, 0.3) is 0 Å². The number of anilines is 1. The number of nitrogens with zero attached hydrogens (tertiary/aromatic N) is 1. The monoisotopic (exact) mass is 353 g/mol. The Kier molecular flexibility index (Phi) is 3.90. The van der Waals surface area contributed by atoms with E-state index in [0.29, 0.717) is 18.5 Å². The summed E-state index contributed by atoms with van der Waals surface area (Å²) in [4.78, 5) is 27.1. The van der Waals surface area contributed by atoms with Crippen LogP contribution in [-0.2, 0) is 18.9 Å². The Hall–Kier alpha value is -1.92. The molecule has 1 aliphatic carbocycles. The van der Waals surface area contributed by atoms with Crippen LogP contribution in [0, 0.1) is 11.8 Å². The molecule has 0 bridgehead atoms. The van der Waals surface area contributed by atoms with Gasteiger partial charge in [-0.15, -0.1) is 0 Å². The Morgan fingerprint density at radius 2 is 1.54 bits per heavy atom. The lowest BCUT2D eigenvalue weighted by Crippen LogP contribution is -2.41. The van der Waals surface area contributed by atoms with Crippen LogP contribution in [-0.4, -0.2) is 30.1 Å². The fraction of sp³-hybridized carbons (Fsp3) is 0.500. The molecule has 1 aromatic carbocycles. The summed E-state index contributed by atoms with van der Waals surface area (Å²) in [5.41, 5.74) is 0.789. The standard InChI is InChI=1S/C20H24BNO4/c1-19(2)20(3,4)26-21(25-19)13-10-11-15-16(12-13)18(24)22(17(15)23)14-8-6-5-7-9-14/h5-10,15-16H,11-12H2,1-4H3. The molecule has 2 heterocycles. The number of allylic oxidation sites excluding steroid dienone is 2. The van der Waals surface area contributed by atoms with Crippen molar-refractivity contribution >= 4 is 24.6 Å². The summed E-state index contributed by atoms with van der Waals surface area (Å²) < 4.78 is 12.3. The van der Waals surface area contributed by atoms with Crippen LogP contribution in [0.3, 0.4) is 0 Å². The summed E-state index contributed by atoms with van der Waals surface area (Å²) in [6.45, 7) is 8.06. The van der Waals surface area contributed by atoms with Gasteiger partial charge in [0, 0.05) is 0 Å². The van der Waals surface area contributed by atoms with Gasteiger partial charge in [-0.3, -0.25) is 14.5 Å². The van der Waals surface area contributed by atoms with Gasteiger partial charge in [0.15, 0.2) is 0 Å². The molecule has 2 unspecified atom stereocenters. The summed E-state index contributed by atoms with van der Waals surface area (Å²) in [6, 6.07) is 9.16. The highest BCUT2D eigenvalue weighted by atomic mass is 16.7. The Morgan fingerprint density at radius 3 is 2.15 bits per heavy atom. The van der Waals surface area contributed by atoms with E-state index in [-0.39, 0.29) is 23.7 Å². The molecule has 2 amide bonds. The van der Waals surface area contributed by atoms with Crippen LogP contribution in [0.1, 0.15) is 40.5 Å². The summed E-state index contributed by atoms with van der Waals surface area (Å²) in [5.74, 6) is -0.834. The van der Waals surface area contributed by atoms with Crippen LogP contribution in [0.15, 0.2) is 41.9 Å². The number of carbonyl (C=O) groups is 2. The average Bonchev–Trinajstić information content (AvgIpc) is 2.98. The van der Waals surface area contributed by atoms with Crippen LogP contribution in [0.5, 0.6) is 0 Å². The number of para-hydroxylation sites is 1. The predicted octanol–water partition coefficient (Wildman–Crippen LogP) is 3.14. The Morgan fingerprint density at radius 1 is 0.962 bits per heavy atom. The minimum Gasteiger partial charge on any atom is -0.400 e. The van der Waals surface area contributed by atoms with Crippen LogP contribution in [0.25, 0.3) is 0 Å². The zero-order valence-corrected chi connectivity index (χ0v) is 15.7. The van der Waals surface area contributed by atoms with E-state index in [0.717, 1.165) is 5.47 Å². The SMILES string of the molecule is CC1(C)OB(C2=CCC3C(=O)N(c4ccccc4)C(=O)C3C2)OC1(C)C. The molecule has 0 saturated carbocycles. The summed E-state index contributed by atoms with van der Waals surface area (Å²) >= 11 is 0. The van der Waals surface area contributed by atoms with Gasteiger partial charge < -0.3 is 9.31 Å². The topological polar surface area (TPSA) is 55.8 Å². The lowest BCUT2D eigenvalue weighted by molar-refractivity contribution is -0.122. The van der Waals surface area contributed by atoms with Crippen LogP contribution >= 0.6 is 0 Å². The number of hydrogen-bond acceptors (Lipinski definition) is 4. The number of carbonyl (C=O) groups excluding carboxylic acids is 2. The maximum atomic E-state index is 13.0. The zero-order chi connectivity index (χ0) is 18.7. The van der Waals surface area contributed by atoms with E-state index in [1.165, 1.54) is 4.90 Å². The Balaban J connectivity index is 1.56. The summed E-state index contributed by atoms with van der Waals surface area (Å²) in [6.07, 6.45) is 3.09. The van der Waals surface area contributed by atoms with E-state index in [2.05, 4.69) is 0 Å². The van der Waals surface area contributed by atoms with Crippen molar-refractivity contribution in [3.63, 3.8) is 0 Å². The van der Waals surface area contributed by atoms with Crippen molar-refractivity contribution in [2.75, 3.05) is 4.90 Å². The molecular weight excluding hydrogens is 329 g/mol. The molecule has 26 heavy (non-hydrogen) atoms. The largest absolute Gasteiger partial charge is 0.490 e. The summed E-state index contributed by atoms with van der Waals surface area (Å²) in [7, 11) is -0.449. The van der Waals surface area contributed by atoms with E-state index in [1.54, 1.807) is 12.1 Å². The molecule has 4 rings (SSSR count). The molecule has 0 radical (unpaired) electrons. The smallest absolute Gasteiger partial charge is 0.400 e. The first kappa shape index (κ1) is 17.5. The van der Waals surface area contributed by atoms with Crippen LogP contribution in [0.4, 0.5) is 5.69 Å². The lowest BCUT2D eigenvalue weighted by atomic mass is 9.67. The first-order chi connectivity index (χ1) is 12.2. The molecule has 0 aromatic heterocycles. The van der Waals surface area contributed by atoms with Crippen LogP contribution < -0.4 is 4.90 Å². The molecule has 1 aromatic rings. The molecule has 136 valence electrons. The molecule has 5 nitrogen and oxygen atoms in total.